The molecule has 0 fully saturated rings. The summed E-state index contributed by atoms with van der Waals surface area (Å²) >= 11 is 11.1. The van der Waals surface area contributed by atoms with Crippen molar-refractivity contribution in [2.45, 2.75) is 0 Å². The van der Waals surface area contributed by atoms with Gasteiger partial charge in [0.1, 0.15) is 5.15 Å². The first-order chi connectivity index (χ1) is 6.69. The maximum Gasteiger partial charge on any atom is 0.339 e. The van der Waals surface area contributed by atoms with Crippen molar-refractivity contribution in [3.63, 3.8) is 0 Å². The fraction of sp³-hybridized carbons (Fsp3) is 0.111. The van der Waals surface area contributed by atoms with E-state index in [2.05, 4.69) is 9.72 Å². The third-order valence-electron chi connectivity index (χ3n) is 1.55. The summed E-state index contributed by atoms with van der Waals surface area (Å²) in [7, 11) is 1.28. The number of halogens is 2. The molecule has 0 amide bonds. The monoisotopic (exact) mass is 231 g/mol. The Morgan fingerprint density at radius 1 is 1.57 bits per heavy atom. The van der Waals surface area contributed by atoms with Gasteiger partial charge in [0.25, 0.3) is 0 Å². The molecule has 5 heteroatoms. The van der Waals surface area contributed by atoms with E-state index in [-0.39, 0.29) is 5.57 Å². The van der Waals surface area contributed by atoms with Crippen LogP contribution in [0.4, 0.5) is 0 Å². The van der Waals surface area contributed by atoms with Crippen molar-refractivity contribution in [1.82, 2.24) is 4.98 Å². The number of carbonyl (C=O) groups is 1. The maximum absolute atomic E-state index is 11.2. The largest absolute Gasteiger partial charge is 0.465 e. The third kappa shape index (κ3) is 2.47. The van der Waals surface area contributed by atoms with Gasteiger partial charge in [0.05, 0.1) is 12.7 Å². The Kier molecular flexibility index (Phi) is 3.92. The van der Waals surface area contributed by atoms with Crippen LogP contribution in [0, 0.1) is 0 Å². The molecule has 1 aromatic rings. The van der Waals surface area contributed by atoms with Gasteiger partial charge in [0, 0.05) is 17.3 Å². The first-order valence-corrected chi connectivity index (χ1v) is 4.51. The van der Waals surface area contributed by atoms with E-state index < -0.39 is 5.97 Å². The smallest absolute Gasteiger partial charge is 0.339 e. The van der Waals surface area contributed by atoms with Crippen molar-refractivity contribution < 1.29 is 9.53 Å². The number of nitrogens with zero attached hydrogens (tertiary/aromatic N) is 1. The van der Waals surface area contributed by atoms with Crippen molar-refractivity contribution in [2.75, 3.05) is 7.11 Å². The fourth-order valence-electron chi connectivity index (χ4n) is 0.870. The summed E-state index contributed by atoms with van der Waals surface area (Å²) in [6.45, 7) is 0. The molecule has 1 heterocycles. The predicted octanol–water partition coefficient (Wildman–Crippen LogP) is 2.49. The minimum Gasteiger partial charge on any atom is -0.465 e. The number of aromatic nitrogens is 1. The van der Waals surface area contributed by atoms with E-state index in [9.17, 15) is 4.79 Å². The van der Waals surface area contributed by atoms with Gasteiger partial charge >= 0.3 is 5.97 Å². The van der Waals surface area contributed by atoms with E-state index in [4.69, 9.17) is 23.2 Å². The van der Waals surface area contributed by atoms with Crippen LogP contribution in [0.25, 0.3) is 5.57 Å². The van der Waals surface area contributed by atoms with Crippen LogP contribution >= 0.6 is 23.2 Å². The van der Waals surface area contributed by atoms with E-state index in [0.29, 0.717) is 10.7 Å². The second-order valence-electron chi connectivity index (χ2n) is 2.38. The maximum atomic E-state index is 11.2. The molecule has 0 aromatic carbocycles. The zero-order valence-electron chi connectivity index (χ0n) is 7.33. The second-order valence-corrected chi connectivity index (χ2v) is 2.99. The lowest BCUT2D eigenvalue weighted by atomic mass is 10.1. The van der Waals surface area contributed by atoms with Crippen molar-refractivity contribution >= 4 is 34.7 Å². The molecule has 0 radical (unpaired) electrons. The molecule has 0 aliphatic carbocycles. The van der Waals surface area contributed by atoms with Crippen LogP contribution in [0.2, 0.25) is 5.15 Å². The first kappa shape index (κ1) is 11.0. The quantitative estimate of drug-likeness (QED) is 0.446. The zero-order chi connectivity index (χ0) is 10.6. The van der Waals surface area contributed by atoms with Crippen LogP contribution < -0.4 is 0 Å². The van der Waals surface area contributed by atoms with Gasteiger partial charge in [-0.15, -0.1) is 0 Å². The number of pyridine rings is 1. The predicted molar refractivity (Wildman–Crippen MR) is 55.1 cm³/mol. The van der Waals surface area contributed by atoms with Crippen LogP contribution in [0.15, 0.2) is 23.9 Å². The van der Waals surface area contributed by atoms with Crippen LogP contribution in [-0.2, 0) is 9.53 Å². The van der Waals surface area contributed by atoms with Gasteiger partial charge in [0.2, 0.25) is 0 Å². The Hall–Kier alpha value is -1.06. The van der Waals surface area contributed by atoms with E-state index >= 15 is 0 Å². The molecule has 14 heavy (non-hydrogen) atoms. The molecule has 3 nitrogen and oxygen atoms in total. The summed E-state index contributed by atoms with van der Waals surface area (Å²) < 4.78 is 4.54. The van der Waals surface area contributed by atoms with Crippen molar-refractivity contribution in [3.05, 3.63) is 34.6 Å². The average molecular weight is 232 g/mol. The Bertz CT molecular complexity index is 360. The lowest BCUT2D eigenvalue weighted by Gasteiger charge is -2.03. The molecule has 0 bridgehead atoms. The zero-order valence-corrected chi connectivity index (χ0v) is 8.84. The van der Waals surface area contributed by atoms with Gasteiger partial charge in [-0.1, -0.05) is 23.2 Å². The fourth-order valence-corrected chi connectivity index (χ4v) is 1.20. The van der Waals surface area contributed by atoms with Crippen molar-refractivity contribution in [2.24, 2.45) is 0 Å². The van der Waals surface area contributed by atoms with Gasteiger partial charge < -0.3 is 4.74 Å². The lowest BCUT2D eigenvalue weighted by molar-refractivity contribution is -0.133. The molecule has 0 atom stereocenters. The SMILES string of the molecule is COC(=O)/C(=C/Cl)c1ccc(Cl)nc1. The van der Waals surface area contributed by atoms with Crippen LogP contribution in [0.1, 0.15) is 5.56 Å². The Balaban J connectivity index is 3.03. The Morgan fingerprint density at radius 2 is 2.29 bits per heavy atom. The minimum atomic E-state index is -0.510. The second kappa shape index (κ2) is 4.98. The Labute approximate surface area is 91.3 Å². The molecule has 0 spiro atoms. The summed E-state index contributed by atoms with van der Waals surface area (Å²) in [5.41, 5.74) is 1.96. The number of esters is 1. The average Bonchev–Trinajstić information content (AvgIpc) is 2.21. The van der Waals surface area contributed by atoms with Gasteiger partial charge in [0.15, 0.2) is 0 Å². The van der Waals surface area contributed by atoms with Crippen LogP contribution in [0.5, 0.6) is 0 Å². The molecule has 1 aromatic heterocycles. The van der Waals surface area contributed by atoms with E-state index in [0.717, 1.165) is 5.54 Å². The Morgan fingerprint density at radius 3 is 2.71 bits per heavy atom. The van der Waals surface area contributed by atoms with E-state index in [1.165, 1.54) is 13.3 Å². The number of rotatable bonds is 2. The summed E-state index contributed by atoms with van der Waals surface area (Å²) in [5.74, 6) is -0.510. The van der Waals surface area contributed by atoms with Gasteiger partial charge in [-0.3, -0.25) is 0 Å². The molecule has 0 saturated carbocycles. The highest BCUT2D eigenvalue weighted by Gasteiger charge is 2.11. The summed E-state index contributed by atoms with van der Waals surface area (Å²) in [4.78, 5) is 15.0. The molecule has 0 unspecified atom stereocenters. The topological polar surface area (TPSA) is 39.2 Å². The molecular formula is C9H7Cl2NO2. The van der Waals surface area contributed by atoms with Crippen LogP contribution in [0.3, 0.4) is 0 Å². The van der Waals surface area contributed by atoms with E-state index in [1.54, 1.807) is 12.1 Å². The van der Waals surface area contributed by atoms with E-state index in [1.807, 2.05) is 0 Å². The standard InChI is InChI=1S/C9H7Cl2NO2/c1-14-9(13)7(4-10)6-2-3-8(11)12-5-6/h2-5H,1H3/b7-4+. The molecule has 1 rings (SSSR count). The third-order valence-corrected chi connectivity index (χ3v) is 1.99. The number of methoxy groups -OCH3 is 1. The number of hydrogen-bond donors (Lipinski definition) is 0. The summed E-state index contributed by atoms with van der Waals surface area (Å²) in [6, 6.07) is 3.21. The van der Waals surface area contributed by atoms with Gasteiger partial charge in [-0.2, -0.15) is 0 Å². The number of hydrogen-bond acceptors (Lipinski definition) is 3. The highest BCUT2D eigenvalue weighted by molar-refractivity contribution is 6.34. The summed E-state index contributed by atoms with van der Waals surface area (Å²) in [6.07, 6.45) is 1.45. The highest BCUT2D eigenvalue weighted by Crippen LogP contribution is 2.17. The van der Waals surface area contributed by atoms with Crippen molar-refractivity contribution in [3.8, 4) is 0 Å². The molecule has 0 saturated heterocycles. The molecule has 0 aliphatic heterocycles. The molecular weight excluding hydrogens is 225 g/mol. The minimum absolute atomic E-state index is 0.248. The lowest BCUT2D eigenvalue weighted by Crippen LogP contribution is -2.03. The van der Waals surface area contributed by atoms with Crippen molar-refractivity contribution in [1.29, 1.82) is 0 Å². The number of ether oxygens (including phenoxy) is 1. The highest BCUT2D eigenvalue weighted by atomic mass is 35.5. The first-order valence-electron chi connectivity index (χ1n) is 3.69. The van der Waals surface area contributed by atoms with Gasteiger partial charge in [-0.05, 0) is 12.1 Å². The molecule has 0 N–H and O–H groups in total. The number of carbonyl (C=O) groups excluding carboxylic acids is 1. The van der Waals surface area contributed by atoms with Gasteiger partial charge in [-0.25, -0.2) is 9.78 Å². The summed E-state index contributed by atoms with van der Waals surface area (Å²) in [5, 5.41) is 0.354. The molecule has 74 valence electrons. The normalized spacial score (nSPS) is 11.2. The molecule has 0 aliphatic rings. The van der Waals surface area contributed by atoms with Crippen LogP contribution in [-0.4, -0.2) is 18.1 Å².